The number of rotatable bonds is 9. The molecule has 4 nitrogen and oxygen atoms in total. The Labute approximate surface area is 189 Å². The summed E-state index contributed by atoms with van der Waals surface area (Å²) in [6.07, 6.45) is 6.50. The van der Waals surface area contributed by atoms with E-state index < -0.39 is 0 Å². The summed E-state index contributed by atoms with van der Waals surface area (Å²) in [5, 5.41) is 18.4. The summed E-state index contributed by atoms with van der Waals surface area (Å²) < 4.78 is 0. The summed E-state index contributed by atoms with van der Waals surface area (Å²) in [6.45, 7) is 15.1. The molecule has 0 amide bonds. The van der Waals surface area contributed by atoms with Crippen LogP contribution in [0, 0.1) is 5.41 Å². The first kappa shape index (κ1) is 28.3. The molecule has 0 unspecified atom stereocenters. The summed E-state index contributed by atoms with van der Waals surface area (Å²) in [6, 6.07) is 14.2. The number of hydrogen-bond acceptors (Lipinski definition) is 4. The van der Waals surface area contributed by atoms with Gasteiger partial charge in [-0.05, 0) is 81.3 Å². The first-order valence-electron chi connectivity index (χ1n) is 11.2. The number of aliphatic hydroxyl groups is 1. The topological polar surface area (TPSA) is 69.0 Å². The van der Waals surface area contributed by atoms with Gasteiger partial charge in [0.15, 0.2) is 0 Å². The molecular formula is C27H41N3O. The van der Waals surface area contributed by atoms with Crippen molar-refractivity contribution in [2.75, 3.05) is 5.32 Å². The van der Waals surface area contributed by atoms with Crippen molar-refractivity contribution in [1.29, 1.82) is 5.41 Å². The fourth-order valence-corrected chi connectivity index (χ4v) is 2.90. The van der Waals surface area contributed by atoms with Crippen LogP contribution in [0.25, 0.3) is 5.57 Å². The zero-order valence-electron chi connectivity index (χ0n) is 20.3. The Balaban J connectivity index is 0.00000212. The number of allylic oxidation sites excluding steroid dienone is 3. The molecule has 0 aliphatic rings. The monoisotopic (exact) mass is 423 g/mol. The molecular weight excluding hydrogens is 382 g/mol. The molecule has 0 spiro atoms. The zero-order valence-corrected chi connectivity index (χ0v) is 20.3. The molecule has 1 aromatic carbocycles. The average Bonchev–Trinajstić information content (AvgIpc) is 2.83. The molecule has 0 saturated carbocycles. The van der Waals surface area contributed by atoms with Gasteiger partial charge in [0.25, 0.3) is 0 Å². The predicted molar refractivity (Wildman–Crippen MR) is 137 cm³/mol. The highest BCUT2D eigenvalue weighted by Gasteiger charge is 2.06. The summed E-state index contributed by atoms with van der Waals surface area (Å²) in [5.74, 6) is 0. The van der Waals surface area contributed by atoms with Gasteiger partial charge >= 0.3 is 0 Å². The lowest BCUT2D eigenvalue weighted by Crippen LogP contribution is -2.02. The Morgan fingerprint density at radius 2 is 1.77 bits per heavy atom. The minimum Gasteiger partial charge on any atom is -0.392 e. The maximum absolute atomic E-state index is 9.37. The van der Waals surface area contributed by atoms with Gasteiger partial charge < -0.3 is 15.8 Å². The Bertz CT molecular complexity index is 821. The first-order chi connectivity index (χ1) is 15.1. The van der Waals surface area contributed by atoms with Gasteiger partial charge in [-0.15, -0.1) is 0 Å². The van der Waals surface area contributed by atoms with Gasteiger partial charge in [0.1, 0.15) is 0 Å². The second-order valence-electron chi connectivity index (χ2n) is 7.04. The maximum atomic E-state index is 9.37. The van der Waals surface area contributed by atoms with Crippen molar-refractivity contribution in [3.8, 4) is 0 Å². The van der Waals surface area contributed by atoms with E-state index in [1.54, 1.807) is 0 Å². The highest BCUT2D eigenvalue weighted by Crippen LogP contribution is 2.22. The molecule has 0 aliphatic carbocycles. The lowest BCUT2D eigenvalue weighted by atomic mass is 10.0. The smallest absolute Gasteiger partial charge is 0.0682 e. The lowest BCUT2D eigenvalue weighted by molar-refractivity contribution is 0.282. The molecule has 0 radical (unpaired) electrons. The standard InChI is InChI=1S/C24H32N2O.C2H6.CH3N/c1-5-7-11-21-12-9-14-23(25-21)20(6-2)16-24(18(3)4)26-22-13-8-10-19(15-22)17-27;2*1-2/h8-10,12-16,26-27H,5-7,11,17H2,1-4H3;1-2H3;2H,1H2/b20-16+;;. The van der Waals surface area contributed by atoms with Crippen LogP contribution in [0.15, 0.2) is 59.8 Å². The van der Waals surface area contributed by atoms with E-state index in [0.29, 0.717) is 0 Å². The molecule has 0 saturated heterocycles. The summed E-state index contributed by atoms with van der Waals surface area (Å²) in [4.78, 5) is 4.88. The van der Waals surface area contributed by atoms with Crippen molar-refractivity contribution in [2.45, 2.75) is 73.8 Å². The third-order valence-corrected chi connectivity index (χ3v) is 4.55. The lowest BCUT2D eigenvalue weighted by Gasteiger charge is -2.14. The molecule has 1 heterocycles. The molecule has 0 bridgehead atoms. The Morgan fingerprint density at radius 3 is 2.35 bits per heavy atom. The predicted octanol–water partition coefficient (Wildman–Crippen LogP) is 7.41. The number of hydrogen-bond donors (Lipinski definition) is 3. The minimum atomic E-state index is 0.0458. The number of aromatic nitrogens is 1. The molecule has 2 rings (SSSR count). The Morgan fingerprint density at radius 1 is 1.10 bits per heavy atom. The molecule has 2 aromatic rings. The highest BCUT2D eigenvalue weighted by atomic mass is 16.3. The van der Waals surface area contributed by atoms with Crippen molar-refractivity contribution in [1.82, 2.24) is 4.98 Å². The molecule has 31 heavy (non-hydrogen) atoms. The molecule has 170 valence electrons. The minimum absolute atomic E-state index is 0.0458. The second kappa shape index (κ2) is 17.0. The third kappa shape index (κ3) is 10.2. The van der Waals surface area contributed by atoms with Crippen LogP contribution in [0.1, 0.15) is 77.8 Å². The maximum Gasteiger partial charge on any atom is 0.0682 e. The van der Waals surface area contributed by atoms with E-state index >= 15 is 0 Å². The van der Waals surface area contributed by atoms with Crippen molar-refractivity contribution >= 4 is 18.0 Å². The van der Waals surface area contributed by atoms with Gasteiger partial charge in [0.2, 0.25) is 0 Å². The van der Waals surface area contributed by atoms with Gasteiger partial charge in [-0.3, -0.25) is 4.98 Å². The molecule has 0 atom stereocenters. The van der Waals surface area contributed by atoms with Gasteiger partial charge in [-0.2, -0.15) is 0 Å². The summed E-state index contributed by atoms with van der Waals surface area (Å²) >= 11 is 0. The fourth-order valence-electron chi connectivity index (χ4n) is 2.90. The summed E-state index contributed by atoms with van der Waals surface area (Å²) in [5.41, 5.74) is 7.59. The third-order valence-electron chi connectivity index (χ3n) is 4.55. The normalized spacial score (nSPS) is 10.2. The van der Waals surface area contributed by atoms with E-state index in [-0.39, 0.29) is 6.61 Å². The van der Waals surface area contributed by atoms with E-state index in [4.69, 9.17) is 10.4 Å². The van der Waals surface area contributed by atoms with Crippen molar-refractivity contribution in [2.24, 2.45) is 0 Å². The number of nitrogens with one attached hydrogen (secondary N) is 2. The van der Waals surface area contributed by atoms with Crippen LogP contribution < -0.4 is 5.32 Å². The molecule has 0 aliphatic heterocycles. The van der Waals surface area contributed by atoms with Crippen LogP contribution in [0.3, 0.4) is 0 Å². The van der Waals surface area contributed by atoms with Crippen LogP contribution in [0.4, 0.5) is 5.69 Å². The zero-order chi connectivity index (χ0) is 23.6. The largest absolute Gasteiger partial charge is 0.392 e. The Kier molecular flexibility index (Phi) is 15.5. The summed E-state index contributed by atoms with van der Waals surface area (Å²) in [7, 11) is 0. The van der Waals surface area contributed by atoms with E-state index in [0.717, 1.165) is 41.2 Å². The van der Waals surface area contributed by atoms with Gasteiger partial charge in [0, 0.05) is 17.1 Å². The van der Waals surface area contributed by atoms with Crippen molar-refractivity contribution < 1.29 is 5.11 Å². The Hall–Kier alpha value is -2.72. The van der Waals surface area contributed by atoms with Crippen LogP contribution in [0.5, 0.6) is 0 Å². The van der Waals surface area contributed by atoms with Crippen LogP contribution in [0.2, 0.25) is 0 Å². The van der Waals surface area contributed by atoms with Gasteiger partial charge in [-0.1, -0.05) is 57.9 Å². The van der Waals surface area contributed by atoms with E-state index in [9.17, 15) is 5.11 Å². The number of benzene rings is 1. The van der Waals surface area contributed by atoms with E-state index in [2.05, 4.69) is 64.0 Å². The molecule has 3 N–H and O–H groups in total. The fraction of sp³-hybridized carbons (Fsp3) is 0.407. The molecule has 0 fully saturated rings. The number of aryl methyl sites for hydroxylation is 1. The van der Waals surface area contributed by atoms with Gasteiger partial charge in [-0.25, -0.2) is 0 Å². The molecule has 1 aromatic heterocycles. The number of unbranched alkanes of at least 4 members (excludes halogenated alkanes) is 1. The number of aliphatic hydroxyl groups excluding tert-OH is 1. The number of nitrogens with zero attached hydrogens (tertiary/aromatic N) is 1. The van der Waals surface area contributed by atoms with Gasteiger partial charge in [0.05, 0.1) is 12.3 Å². The first-order valence-corrected chi connectivity index (χ1v) is 11.2. The van der Waals surface area contributed by atoms with E-state index in [1.165, 1.54) is 24.0 Å². The average molecular weight is 424 g/mol. The number of pyridine rings is 1. The van der Waals surface area contributed by atoms with Crippen LogP contribution in [-0.2, 0) is 13.0 Å². The SMILES string of the molecule is C=N.CC.CCCCc1cccc(/C(=C/C(Nc2cccc(CO)c2)=C(C)C)CC)n1. The van der Waals surface area contributed by atoms with Crippen LogP contribution in [-0.4, -0.2) is 16.8 Å². The quantitative estimate of drug-likeness (QED) is 0.290. The van der Waals surface area contributed by atoms with Crippen LogP contribution >= 0.6 is 0 Å². The molecule has 4 heteroatoms. The highest BCUT2D eigenvalue weighted by molar-refractivity contribution is 5.68. The van der Waals surface area contributed by atoms with E-state index in [1.807, 2.05) is 38.1 Å². The van der Waals surface area contributed by atoms with Crippen molar-refractivity contribution in [3.05, 3.63) is 76.8 Å². The second-order valence-corrected chi connectivity index (χ2v) is 7.04. The van der Waals surface area contributed by atoms with Crippen molar-refractivity contribution in [3.63, 3.8) is 0 Å². The number of anilines is 1.